The van der Waals surface area contributed by atoms with Gasteiger partial charge in [-0.1, -0.05) is 13.8 Å². The van der Waals surface area contributed by atoms with E-state index in [-0.39, 0.29) is 11.3 Å². The summed E-state index contributed by atoms with van der Waals surface area (Å²) in [5, 5.41) is 0. The van der Waals surface area contributed by atoms with E-state index >= 15 is 0 Å². The fraction of sp³-hybridized carbons (Fsp3) is 0.417. The maximum Gasteiger partial charge on any atom is 0.339 e. The van der Waals surface area contributed by atoms with E-state index < -0.39 is 11.8 Å². The number of carbonyl (C=O) groups is 1. The zero-order valence-electron chi connectivity index (χ0n) is 9.92. The molecular weight excluding hydrogens is 291 g/mol. The second-order valence-corrected chi connectivity index (χ2v) is 4.81. The van der Waals surface area contributed by atoms with Crippen LogP contribution in [0.2, 0.25) is 0 Å². The molecule has 0 N–H and O–H groups in total. The van der Waals surface area contributed by atoms with Gasteiger partial charge in [0.2, 0.25) is 0 Å². The average molecular weight is 305 g/mol. The predicted octanol–water partition coefficient (Wildman–Crippen LogP) is 3.41. The maximum atomic E-state index is 13.6. The summed E-state index contributed by atoms with van der Waals surface area (Å²) < 4.78 is 23.9. The summed E-state index contributed by atoms with van der Waals surface area (Å²) in [7, 11) is 1.25. The molecule has 1 aromatic carbocycles. The highest BCUT2D eigenvalue weighted by Crippen LogP contribution is 2.27. The van der Waals surface area contributed by atoms with E-state index in [9.17, 15) is 9.18 Å². The van der Waals surface area contributed by atoms with Gasteiger partial charge in [-0.2, -0.15) is 0 Å². The number of hydrogen-bond donors (Lipinski definition) is 0. The highest BCUT2D eigenvalue weighted by atomic mass is 79.9. The molecule has 0 aliphatic rings. The molecule has 94 valence electrons. The third-order valence-electron chi connectivity index (χ3n) is 2.00. The number of halogens is 2. The zero-order valence-corrected chi connectivity index (χ0v) is 11.5. The van der Waals surface area contributed by atoms with E-state index in [1.54, 1.807) is 0 Å². The Morgan fingerprint density at radius 1 is 1.47 bits per heavy atom. The van der Waals surface area contributed by atoms with Crippen molar-refractivity contribution in [3.8, 4) is 5.75 Å². The fourth-order valence-corrected chi connectivity index (χ4v) is 1.65. The van der Waals surface area contributed by atoms with Gasteiger partial charge < -0.3 is 9.47 Å². The van der Waals surface area contributed by atoms with Crippen molar-refractivity contribution in [2.24, 2.45) is 5.92 Å². The van der Waals surface area contributed by atoms with Crippen LogP contribution in [0.1, 0.15) is 24.2 Å². The smallest absolute Gasteiger partial charge is 0.339 e. The fourth-order valence-electron chi connectivity index (χ4n) is 1.16. The molecule has 1 aromatic rings. The summed E-state index contributed by atoms with van der Waals surface area (Å²) in [4.78, 5) is 11.3. The Morgan fingerprint density at radius 2 is 2.12 bits per heavy atom. The Bertz CT molecular complexity index is 418. The van der Waals surface area contributed by atoms with Gasteiger partial charge in [0.15, 0.2) is 11.6 Å². The molecule has 3 nitrogen and oxygen atoms in total. The number of esters is 1. The van der Waals surface area contributed by atoms with Crippen molar-refractivity contribution in [2.45, 2.75) is 13.8 Å². The molecule has 5 heteroatoms. The van der Waals surface area contributed by atoms with Crippen LogP contribution in [0.5, 0.6) is 5.75 Å². The minimum Gasteiger partial charge on any atom is -0.490 e. The summed E-state index contributed by atoms with van der Waals surface area (Å²) >= 11 is 3.18. The summed E-state index contributed by atoms with van der Waals surface area (Å²) in [6.07, 6.45) is 0. The first kappa shape index (κ1) is 14.0. The predicted molar refractivity (Wildman–Crippen MR) is 65.8 cm³/mol. The van der Waals surface area contributed by atoms with Crippen LogP contribution in [0.3, 0.4) is 0 Å². The van der Waals surface area contributed by atoms with Crippen LogP contribution in [0.4, 0.5) is 4.39 Å². The molecule has 0 saturated heterocycles. The first-order valence-electron chi connectivity index (χ1n) is 5.15. The Balaban J connectivity index is 2.97. The summed E-state index contributed by atoms with van der Waals surface area (Å²) in [5.74, 6) is -0.743. The van der Waals surface area contributed by atoms with Crippen LogP contribution < -0.4 is 4.74 Å². The second kappa shape index (κ2) is 6.00. The largest absolute Gasteiger partial charge is 0.490 e. The third-order valence-corrected chi connectivity index (χ3v) is 2.66. The van der Waals surface area contributed by atoms with Crippen molar-refractivity contribution in [1.82, 2.24) is 0 Å². The number of hydrogen-bond acceptors (Lipinski definition) is 3. The number of benzene rings is 1. The minimum absolute atomic E-state index is 0.123. The third kappa shape index (κ3) is 3.70. The van der Waals surface area contributed by atoms with Gasteiger partial charge in [-0.25, -0.2) is 9.18 Å². The molecule has 0 aliphatic carbocycles. The lowest BCUT2D eigenvalue weighted by Gasteiger charge is -2.11. The van der Waals surface area contributed by atoms with Gasteiger partial charge in [-0.3, -0.25) is 0 Å². The molecule has 0 aliphatic heterocycles. The highest BCUT2D eigenvalue weighted by molar-refractivity contribution is 9.10. The molecule has 0 spiro atoms. The molecular formula is C12H14BrFO3. The van der Waals surface area contributed by atoms with E-state index in [0.29, 0.717) is 17.0 Å². The maximum absolute atomic E-state index is 13.6. The lowest BCUT2D eigenvalue weighted by molar-refractivity contribution is 0.0599. The Morgan fingerprint density at radius 3 is 2.65 bits per heavy atom. The van der Waals surface area contributed by atoms with Crippen LogP contribution in [0, 0.1) is 11.7 Å². The van der Waals surface area contributed by atoms with Gasteiger partial charge in [0.05, 0.1) is 19.3 Å². The van der Waals surface area contributed by atoms with Gasteiger partial charge >= 0.3 is 5.97 Å². The van der Waals surface area contributed by atoms with Gasteiger partial charge in [0, 0.05) is 4.47 Å². The molecule has 0 bridgehead atoms. The molecule has 17 heavy (non-hydrogen) atoms. The van der Waals surface area contributed by atoms with Crippen molar-refractivity contribution in [1.29, 1.82) is 0 Å². The average Bonchev–Trinajstić information content (AvgIpc) is 2.28. The van der Waals surface area contributed by atoms with Crippen LogP contribution >= 0.6 is 15.9 Å². The molecule has 0 amide bonds. The molecule has 0 aromatic heterocycles. The van der Waals surface area contributed by atoms with Crippen molar-refractivity contribution in [2.75, 3.05) is 13.7 Å². The van der Waals surface area contributed by atoms with Gasteiger partial charge in [0.25, 0.3) is 0 Å². The topological polar surface area (TPSA) is 35.5 Å². The van der Waals surface area contributed by atoms with Gasteiger partial charge in [0.1, 0.15) is 0 Å². The quantitative estimate of drug-likeness (QED) is 0.800. The van der Waals surface area contributed by atoms with Crippen LogP contribution in [-0.2, 0) is 4.74 Å². The van der Waals surface area contributed by atoms with Crippen LogP contribution in [0.25, 0.3) is 0 Å². The Kier molecular flexibility index (Phi) is 4.93. The van der Waals surface area contributed by atoms with E-state index in [1.807, 2.05) is 13.8 Å². The molecule has 0 heterocycles. The van der Waals surface area contributed by atoms with E-state index in [4.69, 9.17) is 4.74 Å². The monoisotopic (exact) mass is 304 g/mol. The number of ether oxygens (including phenoxy) is 2. The Labute approximate surface area is 108 Å². The normalized spacial score (nSPS) is 10.5. The summed E-state index contributed by atoms with van der Waals surface area (Å²) in [6.45, 7) is 4.35. The number of carbonyl (C=O) groups excluding carboxylic acids is 1. The van der Waals surface area contributed by atoms with E-state index in [2.05, 4.69) is 20.7 Å². The molecule has 0 fully saturated rings. The van der Waals surface area contributed by atoms with Crippen molar-refractivity contribution >= 4 is 21.9 Å². The van der Waals surface area contributed by atoms with Crippen LogP contribution in [0.15, 0.2) is 16.6 Å². The van der Waals surface area contributed by atoms with Gasteiger partial charge in [-0.05, 0) is 34.0 Å². The lowest BCUT2D eigenvalue weighted by Crippen LogP contribution is -2.08. The second-order valence-electron chi connectivity index (χ2n) is 3.96. The molecule has 0 atom stereocenters. The lowest BCUT2D eigenvalue weighted by atomic mass is 10.2. The van der Waals surface area contributed by atoms with Crippen molar-refractivity contribution < 1.29 is 18.7 Å². The first-order chi connectivity index (χ1) is 7.95. The standard InChI is InChI=1S/C12H14BrFO3/c1-7(2)6-17-11-5-9(13)8(4-10(11)14)12(15)16-3/h4-5,7H,6H2,1-3H3. The molecule has 0 radical (unpaired) electrons. The molecule has 0 unspecified atom stereocenters. The zero-order chi connectivity index (χ0) is 13.0. The summed E-state index contributed by atoms with van der Waals surface area (Å²) in [5.41, 5.74) is 0.141. The minimum atomic E-state index is -0.591. The van der Waals surface area contributed by atoms with Crippen LogP contribution in [-0.4, -0.2) is 19.7 Å². The van der Waals surface area contributed by atoms with E-state index in [0.717, 1.165) is 6.07 Å². The molecule has 0 saturated carbocycles. The van der Waals surface area contributed by atoms with E-state index in [1.165, 1.54) is 13.2 Å². The number of rotatable bonds is 4. The first-order valence-corrected chi connectivity index (χ1v) is 5.95. The SMILES string of the molecule is COC(=O)c1cc(F)c(OCC(C)C)cc1Br. The number of methoxy groups -OCH3 is 1. The Hall–Kier alpha value is -1.10. The highest BCUT2D eigenvalue weighted by Gasteiger charge is 2.15. The molecule has 1 rings (SSSR count). The van der Waals surface area contributed by atoms with Crippen molar-refractivity contribution in [3.63, 3.8) is 0 Å². The van der Waals surface area contributed by atoms with Crippen molar-refractivity contribution in [3.05, 3.63) is 28.0 Å². The summed E-state index contributed by atoms with van der Waals surface area (Å²) in [6, 6.07) is 2.54. The van der Waals surface area contributed by atoms with Gasteiger partial charge in [-0.15, -0.1) is 0 Å².